The quantitative estimate of drug-likeness (QED) is 0.0882. The first-order chi connectivity index (χ1) is 26.4. The summed E-state index contributed by atoms with van der Waals surface area (Å²) in [5, 5.41) is 0. The molecule has 0 aliphatic heterocycles. The summed E-state index contributed by atoms with van der Waals surface area (Å²) in [5.41, 5.74) is 16.4. The summed E-state index contributed by atoms with van der Waals surface area (Å²) in [6.07, 6.45) is 10.3. The molecule has 3 heteroatoms. The van der Waals surface area contributed by atoms with Crippen molar-refractivity contribution in [1.82, 2.24) is 9.55 Å². The second-order valence-electron chi connectivity index (χ2n) is 15.6. The van der Waals surface area contributed by atoms with Gasteiger partial charge in [-0.2, -0.15) is 0 Å². The van der Waals surface area contributed by atoms with Gasteiger partial charge in [-0.25, -0.2) is 0 Å². The zero-order valence-electron chi connectivity index (χ0n) is 32.8. The number of fused-ring (bicyclic) bond motifs is 3. The van der Waals surface area contributed by atoms with Gasteiger partial charge in [-0.1, -0.05) is 151 Å². The fraction of sp³-hybridized carbons (Fsp3) is 0.250. The van der Waals surface area contributed by atoms with Crippen molar-refractivity contribution in [2.75, 3.05) is 0 Å². The minimum atomic E-state index is -0.408. The number of hydrogen-bond acceptors (Lipinski definition) is 1. The van der Waals surface area contributed by atoms with E-state index in [1.165, 1.54) is 92.6 Å². The summed E-state index contributed by atoms with van der Waals surface area (Å²) in [7, 11) is 0. The molecule has 0 fully saturated rings. The number of rotatable bonds is 12. The van der Waals surface area contributed by atoms with E-state index in [9.17, 15) is 0 Å². The molecule has 1 heterocycles. The Balaban J connectivity index is 0.00000465. The van der Waals surface area contributed by atoms with Gasteiger partial charge in [-0.05, 0) is 98.0 Å². The first-order valence-corrected chi connectivity index (χ1v) is 20.0. The van der Waals surface area contributed by atoms with Crippen LogP contribution in [-0.2, 0) is 31.9 Å². The Morgan fingerprint density at radius 2 is 1.22 bits per heavy atom. The Labute approximate surface area is 342 Å². The second-order valence-corrected chi connectivity index (χ2v) is 15.6. The van der Waals surface area contributed by atoms with Crippen molar-refractivity contribution in [3.05, 3.63) is 191 Å². The van der Waals surface area contributed by atoms with E-state index >= 15 is 0 Å². The largest absolute Gasteiger partial charge is 0.340 e. The van der Waals surface area contributed by atoms with Crippen LogP contribution < -0.4 is 0 Å². The minimum Gasteiger partial charge on any atom is -0.340 e. The van der Waals surface area contributed by atoms with Crippen LogP contribution in [0.1, 0.15) is 111 Å². The van der Waals surface area contributed by atoms with E-state index in [1.54, 1.807) is 0 Å². The SMILES string of the molecule is CCCCCCc1ccc(C2(c3ccc(-c4cc(C(C)C)c(-n5ccnc5-c5[c-]cccc5)c(C(C)C)c4)cc3)c3ccccc3-c3ccccc32)cc1.[Ir]. The maximum Gasteiger partial charge on any atom is 0.0713 e. The number of nitrogens with zero attached hydrogens (tertiary/aromatic N) is 2. The van der Waals surface area contributed by atoms with Gasteiger partial charge >= 0.3 is 0 Å². The average Bonchev–Trinajstić information content (AvgIpc) is 3.82. The maximum absolute atomic E-state index is 4.81. The van der Waals surface area contributed by atoms with Crippen molar-refractivity contribution < 1.29 is 20.1 Å². The molecule has 0 spiro atoms. The standard InChI is InChI=1S/C52H51N2.Ir/c1-6-7-8-10-17-38-24-28-42(29-25-38)52(48-22-15-13-20-44(48)45-21-14-16-23-49(45)52)43-30-26-39(27-31-43)41-34-46(36(2)3)50(47(35-41)37(4)5)54-33-32-53-51(54)40-18-11-9-12-19-40;/h9,11-16,18,20-37H,6-8,10,17H2,1-5H3;/q-1;. The topological polar surface area (TPSA) is 17.8 Å². The molecule has 0 N–H and O–H groups in total. The van der Waals surface area contributed by atoms with Gasteiger partial charge in [0.2, 0.25) is 0 Å². The molecule has 1 aliphatic rings. The van der Waals surface area contributed by atoms with Crippen LogP contribution in [0, 0.1) is 6.07 Å². The third-order valence-corrected chi connectivity index (χ3v) is 11.6. The predicted octanol–water partition coefficient (Wildman–Crippen LogP) is 13.7. The smallest absolute Gasteiger partial charge is 0.0713 e. The molecule has 6 aromatic carbocycles. The maximum atomic E-state index is 4.81. The average molecular weight is 896 g/mol. The van der Waals surface area contributed by atoms with Crippen LogP contribution in [-0.4, -0.2) is 9.55 Å². The molecule has 0 saturated heterocycles. The van der Waals surface area contributed by atoms with Gasteiger partial charge in [-0.3, -0.25) is 4.98 Å². The normalized spacial score (nSPS) is 12.8. The summed E-state index contributed by atoms with van der Waals surface area (Å²) in [6.45, 7) is 11.5. The molecule has 0 amide bonds. The van der Waals surface area contributed by atoms with E-state index in [1.807, 2.05) is 18.3 Å². The zero-order chi connectivity index (χ0) is 37.2. The number of benzene rings is 6. The molecule has 0 saturated carbocycles. The first kappa shape index (κ1) is 38.5. The molecule has 0 unspecified atom stereocenters. The van der Waals surface area contributed by atoms with Gasteiger partial charge in [0.05, 0.1) is 11.2 Å². The molecular formula is C52H51IrN2-. The van der Waals surface area contributed by atoms with Crippen molar-refractivity contribution in [2.24, 2.45) is 0 Å². The van der Waals surface area contributed by atoms with Crippen LogP contribution in [0.3, 0.4) is 0 Å². The number of imidazole rings is 1. The van der Waals surface area contributed by atoms with Crippen LogP contribution in [0.25, 0.3) is 39.3 Å². The monoisotopic (exact) mass is 896 g/mol. The van der Waals surface area contributed by atoms with E-state index in [2.05, 4.69) is 173 Å². The van der Waals surface area contributed by atoms with E-state index < -0.39 is 5.41 Å². The van der Waals surface area contributed by atoms with Crippen LogP contribution in [0.4, 0.5) is 0 Å². The molecule has 8 rings (SSSR count). The third kappa shape index (κ3) is 6.99. The zero-order valence-corrected chi connectivity index (χ0v) is 35.2. The van der Waals surface area contributed by atoms with Crippen molar-refractivity contribution in [1.29, 1.82) is 0 Å². The Morgan fingerprint density at radius 1 is 0.636 bits per heavy atom. The Hall–Kier alpha value is -4.82. The fourth-order valence-electron chi connectivity index (χ4n) is 8.83. The summed E-state index contributed by atoms with van der Waals surface area (Å²) in [5.74, 6) is 1.55. The summed E-state index contributed by atoms with van der Waals surface area (Å²) in [6, 6.07) is 53.5. The van der Waals surface area contributed by atoms with Crippen molar-refractivity contribution in [3.8, 4) is 39.3 Å². The van der Waals surface area contributed by atoms with Crippen molar-refractivity contribution >= 4 is 0 Å². The molecule has 0 atom stereocenters. The Morgan fingerprint density at radius 3 is 1.78 bits per heavy atom. The minimum absolute atomic E-state index is 0. The predicted molar refractivity (Wildman–Crippen MR) is 227 cm³/mol. The van der Waals surface area contributed by atoms with E-state index in [-0.39, 0.29) is 20.1 Å². The van der Waals surface area contributed by atoms with E-state index in [0.29, 0.717) is 11.8 Å². The fourth-order valence-corrected chi connectivity index (χ4v) is 8.83. The Bertz CT molecular complexity index is 2290. The van der Waals surface area contributed by atoms with Crippen molar-refractivity contribution in [3.63, 3.8) is 0 Å². The second kappa shape index (κ2) is 16.5. The van der Waals surface area contributed by atoms with Crippen LogP contribution in [0.15, 0.2) is 146 Å². The third-order valence-electron chi connectivity index (χ3n) is 11.6. The number of aryl methyl sites for hydroxylation is 1. The summed E-state index contributed by atoms with van der Waals surface area (Å²) in [4.78, 5) is 4.81. The molecular weight excluding hydrogens is 845 g/mol. The summed E-state index contributed by atoms with van der Waals surface area (Å²) >= 11 is 0. The summed E-state index contributed by atoms with van der Waals surface area (Å²) < 4.78 is 2.28. The molecule has 1 aliphatic carbocycles. The number of hydrogen-bond donors (Lipinski definition) is 0. The van der Waals surface area contributed by atoms with Gasteiger partial charge in [-0.15, -0.1) is 35.9 Å². The molecule has 55 heavy (non-hydrogen) atoms. The van der Waals surface area contributed by atoms with Gasteiger partial charge in [0.1, 0.15) is 0 Å². The van der Waals surface area contributed by atoms with Gasteiger partial charge < -0.3 is 4.57 Å². The number of aromatic nitrogens is 2. The van der Waals surface area contributed by atoms with E-state index in [0.717, 1.165) is 17.8 Å². The molecule has 0 bridgehead atoms. The van der Waals surface area contributed by atoms with Crippen LogP contribution >= 0.6 is 0 Å². The van der Waals surface area contributed by atoms with Gasteiger partial charge in [0, 0.05) is 38.2 Å². The molecule has 7 aromatic rings. The Kier molecular flexibility index (Phi) is 11.5. The molecule has 1 radical (unpaired) electrons. The molecule has 279 valence electrons. The van der Waals surface area contributed by atoms with Gasteiger partial charge in [0.25, 0.3) is 0 Å². The number of unbranched alkanes of at least 4 members (excludes halogenated alkanes) is 3. The van der Waals surface area contributed by atoms with Gasteiger partial charge in [0.15, 0.2) is 0 Å². The molecule has 2 nitrogen and oxygen atoms in total. The van der Waals surface area contributed by atoms with Crippen LogP contribution in [0.2, 0.25) is 0 Å². The first-order valence-electron chi connectivity index (χ1n) is 20.0. The van der Waals surface area contributed by atoms with E-state index in [4.69, 9.17) is 4.98 Å². The van der Waals surface area contributed by atoms with Crippen molar-refractivity contribution in [2.45, 2.75) is 84.0 Å². The van der Waals surface area contributed by atoms with Crippen LogP contribution in [0.5, 0.6) is 0 Å². The molecule has 1 aromatic heterocycles.